The third-order valence-corrected chi connectivity index (χ3v) is 3.05. The molecule has 1 unspecified atom stereocenters. The average Bonchev–Trinajstić information content (AvgIpc) is 2.17. The fourth-order valence-corrected chi connectivity index (χ4v) is 2.27. The molecule has 1 N–H and O–H groups in total. The first-order chi connectivity index (χ1) is 7.15. The molecule has 0 spiro atoms. The summed E-state index contributed by atoms with van der Waals surface area (Å²) < 4.78 is 13.0. The van der Waals surface area contributed by atoms with E-state index in [1.165, 1.54) is 23.9 Å². The summed E-state index contributed by atoms with van der Waals surface area (Å²) in [4.78, 5) is 11.2. The van der Waals surface area contributed by atoms with Crippen LogP contribution in [0.3, 0.4) is 0 Å². The minimum absolute atomic E-state index is 0.115. The summed E-state index contributed by atoms with van der Waals surface area (Å²) in [7, 11) is 0. The Morgan fingerprint density at radius 1 is 1.53 bits per heavy atom. The number of hydrogen-bond donors (Lipinski definition) is 1. The van der Waals surface area contributed by atoms with Crippen molar-refractivity contribution in [2.75, 3.05) is 6.61 Å². The van der Waals surface area contributed by atoms with E-state index in [-0.39, 0.29) is 11.9 Å². The van der Waals surface area contributed by atoms with E-state index in [1.54, 1.807) is 6.07 Å². The average molecular weight is 228 g/mol. The number of aliphatic hydroxyl groups is 1. The van der Waals surface area contributed by atoms with E-state index in [9.17, 15) is 9.18 Å². The van der Waals surface area contributed by atoms with Gasteiger partial charge in [0.05, 0.1) is 0 Å². The fourth-order valence-electron chi connectivity index (χ4n) is 1.19. The minimum atomic E-state index is -0.404. The lowest BCUT2D eigenvalue weighted by molar-refractivity contribution is 0.112. The van der Waals surface area contributed by atoms with Crippen molar-refractivity contribution in [3.05, 3.63) is 29.6 Å². The van der Waals surface area contributed by atoms with E-state index in [4.69, 9.17) is 5.11 Å². The number of aldehydes is 1. The van der Waals surface area contributed by atoms with Gasteiger partial charge >= 0.3 is 0 Å². The third kappa shape index (κ3) is 4.01. The summed E-state index contributed by atoms with van der Waals surface area (Å²) in [6.45, 7) is 2.07. The van der Waals surface area contributed by atoms with Crippen LogP contribution in [0.2, 0.25) is 0 Å². The molecule has 0 aromatic heterocycles. The summed E-state index contributed by atoms with van der Waals surface area (Å²) in [6, 6.07) is 4.24. The number of halogens is 1. The summed E-state index contributed by atoms with van der Waals surface area (Å²) in [5, 5.41) is 8.93. The molecule has 1 aromatic rings. The predicted octanol–water partition coefficient (Wildman–Crippen LogP) is 2.50. The van der Waals surface area contributed by atoms with Crippen LogP contribution in [0.5, 0.6) is 0 Å². The molecular formula is C11H13FO2S. The highest BCUT2D eigenvalue weighted by Crippen LogP contribution is 2.26. The van der Waals surface area contributed by atoms with Crippen LogP contribution >= 0.6 is 11.8 Å². The first kappa shape index (κ1) is 12.2. The Hall–Kier alpha value is -0.870. The number of rotatable bonds is 5. The second-order valence-electron chi connectivity index (χ2n) is 3.28. The zero-order chi connectivity index (χ0) is 11.3. The quantitative estimate of drug-likeness (QED) is 0.621. The zero-order valence-corrected chi connectivity index (χ0v) is 9.26. The second kappa shape index (κ2) is 5.88. The molecule has 1 aromatic carbocycles. The van der Waals surface area contributed by atoms with Gasteiger partial charge in [0.25, 0.3) is 0 Å². The van der Waals surface area contributed by atoms with Crippen molar-refractivity contribution in [3.63, 3.8) is 0 Å². The lowest BCUT2D eigenvalue weighted by atomic mass is 10.2. The van der Waals surface area contributed by atoms with Crippen LogP contribution in [0.1, 0.15) is 23.7 Å². The van der Waals surface area contributed by atoms with Gasteiger partial charge < -0.3 is 5.11 Å². The lowest BCUT2D eigenvalue weighted by Gasteiger charge is -2.09. The molecule has 2 nitrogen and oxygen atoms in total. The Bertz CT molecular complexity index is 341. The Morgan fingerprint density at radius 2 is 2.27 bits per heavy atom. The molecule has 4 heteroatoms. The first-order valence-electron chi connectivity index (χ1n) is 4.69. The molecule has 82 valence electrons. The fraction of sp³-hybridized carbons (Fsp3) is 0.364. The van der Waals surface area contributed by atoms with Gasteiger partial charge in [-0.05, 0) is 24.6 Å². The molecule has 15 heavy (non-hydrogen) atoms. The van der Waals surface area contributed by atoms with E-state index in [1.807, 2.05) is 6.92 Å². The van der Waals surface area contributed by atoms with Gasteiger partial charge in [0.15, 0.2) is 0 Å². The Labute approximate surface area is 92.5 Å². The molecule has 0 saturated carbocycles. The summed E-state index contributed by atoms with van der Waals surface area (Å²) in [5.41, 5.74) is 0.341. The number of carbonyl (C=O) groups is 1. The minimum Gasteiger partial charge on any atom is -0.396 e. The van der Waals surface area contributed by atoms with Crippen LogP contribution in [-0.4, -0.2) is 23.2 Å². The van der Waals surface area contributed by atoms with Crippen LogP contribution in [0.25, 0.3) is 0 Å². The Balaban J connectivity index is 2.76. The SMILES string of the molecule is CC(CCO)Sc1cc(F)cc(C=O)c1. The normalized spacial score (nSPS) is 12.5. The van der Waals surface area contributed by atoms with Crippen LogP contribution < -0.4 is 0 Å². The molecule has 0 saturated heterocycles. The monoisotopic (exact) mass is 228 g/mol. The topological polar surface area (TPSA) is 37.3 Å². The summed E-state index contributed by atoms with van der Waals surface area (Å²) in [5.74, 6) is -0.404. The van der Waals surface area contributed by atoms with E-state index in [0.717, 1.165) is 4.90 Å². The smallest absolute Gasteiger partial charge is 0.150 e. The molecule has 1 atom stereocenters. The molecular weight excluding hydrogens is 215 g/mol. The Kier molecular flexibility index (Phi) is 4.78. The van der Waals surface area contributed by atoms with Crippen LogP contribution in [0.15, 0.2) is 23.1 Å². The van der Waals surface area contributed by atoms with E-state index in [2.05, 4.69) is 0 Å². The Morgan fingerprint density at radius 3 is 2.87 bits per heavy atom. The molecule has 1 rings (SSSR count). The van der Waals surface area contributed by atoms with E-state index < -0.39 is 5.82 Å². The van der Waals surface area contributed by atoms with Gasteiger partial charge in [-0.3, -0.25) is 4.79 Å². The maximum atomic E-state index is 13.0. The molecule has 0 radical (unpaired) electrons. The molecule has 0 amide bonds. The number of thioether (sulfide) groups is 1. The maximum Gasteiger partial charge on any atom is 0.150 e. The van der Waals surface area contributed by atoms with Crippen LogP contribution in [-0.2, 0) is 0 Å². The molecule has 0 fully saturated rings. The van der Waals surface area contributed by atoms with Crippen LogP contribution in [0.4, 0.5) is 4.39 Å². The van der Waals surface area contributed by atoms with Crippen molar-refractivity contribution in [2.45, 2.75) is 23.5 Å². The van der Waals surface area contributed by atoms with Crippen molar-refractivity contribution >= 4 is 18.0 Å². The maximum absolute atomic E-state index is 13.0. The van der Waals surface area contributed by atoms with Gasteiger partial charge in [-0.2, -0.15) is 0 Å². The van der Waals surface area contributed by atoms with Crippen molar-refractivity contribution in [1.29, 1.82) is 0 Å². The molecule has 0 bridgehead atoms. The lowest BCUT2D eigenvalue weighted by Crippen LogP contribution is -1.99. The van der Waals surface area contributed by atoms with Gasteiger partial charge in [-0.1, -0.05) is 6.92 Å². The zero-order valence-electron chi connectivity index (χ0n) is 8.44. The van der Waals surface area contributed by atoms with E-state index in [0.29, 0.717) is 18.3 Å². The highest BCUT2D eigenvalue weighted by atomic mass is 32.2. The molecule has 0 aliphatic carbocycles. The summed E-state index contributed by atoms with van der Waals surface area (Å²) in [6.07, 6.45) is 1.28. The number of hydrogen-bond acceptors (Lipinski definition) is 3. The number of carbonyl (C=O) groups excluding carboxylic acids is 1. The van der Waals surface area contributed by atoms with E-state index >= 15 is 0 Å². The van der Waals surface area contributed by atoms with Crippen molar-refractivity contribution in [1.82, 2.24) is 0 Å². The van der Waals surface area contributed by atoms with Gasteiger partial charge in [-0.15, -0.1) is 11.8 Å². The first-order valence-corrected chi connectivity index (χ1v) is 5.57. The predicted molar refractivity (Wildman–Crippen MR) is 58.8 cm³/mol. The number of benzene rings is 1. The van der Waals surface area contributed by atoms with Crippen LogP contribution in [0, 0.1) is 5.82 Å². The van der Waals surface area contributed by atoms with Crippen molar-refractivity contribution in [2.24, 2.45) is 0 Å². The van der Waals surface area contributed by atoms with Gasteiger partial charge in [-0.25, -0.2) is 4.39 Å². The second-order valence-corrected chi connectivity index (χ2v) is 4.79. The standard InChI is InChI=1S/C11H13FO2S/c1-8(2-3-13)15-11-5-9(7-14)4-10(12)6-11/h4-8,13H,2-3H2,1H3. The molecule has 0 heterocycles. The van der Waals surface area contributed by atoms with Crippen molar-refractivity contribution in [3.8, 4) is 0 Å². The van der Waals surface area contributed by atoms with Gasteiger partial charge in [0.1, 0.15) is 12.1 Å². The highest BCUT2D eigenvalue weighted by molar-refractivity contribution is 7.99. The summed E-state index contributed by atoms with van der Waals surface area (Å²) >= 11 is 1.45. The van der Waals surface area contributed by atoms with Gasteiger partial charge in [0, 0.05) is 22.3 Å². The molecule has 0 aliphatic heterocycles. The largest absolute Gasteiger partial charge is 0.396 e. The number of aliphatic hydroxyl groups excluding tert-OH is 1. The van der Waals surface area contributed by atoms with Gasteiger partial charge in [0.2, 0.25) is 0 Å². The van der Waals surface area contributed by atoms with Crippen molar-refractivity contribution < 1.29 is 14.3 Å². The highest BCUT2D eigenvalue weighted by Gasteiger charge is 2.06. The molecule has 0 aliphatic rings. The third-order valence-electron chi connectivity index (χ3n) is 1.90.